The summed E-state index contributed by atoms with van der Waals surface area (Å²) in [7, 11) is 1.29. The average molecular weight is 378 g/mol. The number of rotatable bonds is 4. The van der Waals surface area contributed by atoms with Crippen LogP contribution in [-0.2, 0) is 6.18 Å². The standard InChI is InChI=1S/C18H13F3N2O4/c1-10-6-7-22-15-13(10)9-14(26-2)17(16(15)23(24)25)27-12-5-3-4-11(8-12)18(19,20)21/h3-9H,1-2H3. The van der Waals surface area contributed by atoms with Crippen molar-refractivity contribution in [1.82, 2.24) is 4.98 Å². The van der Waals surface area contributed by atoms with Gasteiger partial charge in [-0.1, -0.05) is 6.07 Å². The number of pyridine rings is 1. The van der Waals surface area contributed by atoms with Crippen molar-refractivity contribution in [3.05, 3.63) is 63.8 Å². The first-order valence-electron chi connectivity index (χ1n) is 7.68. The van der Waals surface area contributed by atoms with Crippen LogP contribution in [0, 0.1) is 17.0 Å². The second-order valence-electron chi connectivity index (χ2n) is 5.67. The molecule has 1 aromatic heterocycles. The summed E-state index contributed by atoms with van der Waals surface area (Å²) in [5.74, 6) is -0.506. The molecule has 0 amide bonds. The summed E-state index contributed by atoms with van der Waals surface area (Å²) in [5.41, 5.74) is -0.628. The van der Waals surface area contributed by atoms with Crippen molar-refractivity contribution in [1.29, 1.82) is 0 Å². The maximum atomic E-state index is 12.9. The number of nitrogens with zero attached hydrogens (tertiary/aromatic N) is 2. The van der Waals surface area contributed by atoms with Gasteiger partial charge in [-0.2, -0.15) is 13.2 Å². The van der Waals surface area contributed by atoms with Gasteiger partial charge in [0.2, 0.25) is 5.75 Å². The molecule has 0 unspecified atom stereocenters. The maximum absolute atomic E-state index is 12.9. The minimum absolute atomic E-state index is 0.0164. The van der Waals surface area contributed by atoms with Gasteiger partial charge in [0.05, 0.1) is 17.6 Å². The molecule has 0 aliphatic heterocycles. The highest BCUT2D eigenvalue weighted by Gasteiger charge is 2.32. The zero-order valence-corrected chi connectivity index (χ0v) is 14.2. The number of ether oxygens (including phenoxy) is 2. The van der Waals surface area contributed by atoms with Crippen LogP contribution in [0.25, 0.3) is 10.9 Å². The summed E-state index contributed by atoms with van der Waals surface area (Å²) >= 11 is 0. The second kappa shape index (κ2) is 6.75. The molecule has 27 heavy (non-hydrogen) atoms. The molecule has 0 aliphatic carbocycles. The third-order valence-corrected chi connectivity index (χ3v) is 3.93. The van der Waals surface area contributed by atoms with Gasteiger partial charge in [0.25, 0.3) is 0 Å². The largest absolute Gasteiger partial charge is 0.493 e. The van der Waals surface area contributed by atoms with E-state index in [1.54, 1.807) is 13.0 Å². The first kappa shape index (κ1) is 18.4. The number of hydrogen-bond acceptors (Lipinski definition) is 5. The van der Waals surface area contributed by atoms with Crippen molar-refractivity contribution in [2.24, 2.45) is 0 Å². The first-order chi connectivity index (χ1) is 12.7. The van der Waals surface area contributed by atoms with Crippen LogP contribution in [0.4, 0.5) is 18.9 Å². The van der Waals surface area contributed by atoms with E-state index in [0.29, 0.717) is 5.39 Å². The Balaban J connectivity index is 2.22. The zero-order valence-electron chi connectivity index (χ0n) is 14.2. The Morgan fingerprint density at radius 2 is 1.93 bits per heavy atom. The van der Waals surface area contributed by atoms with Crippen LogP contribution in [0.1, 0.15) is 11.1 Å². The smallest absolute Gasteiger partial charge is 0.416 e. The number of aryl methyl sites for hydroxylation is 1. The Bertz CT molecular complexity index is 1040. The van der Waals surface area contributed by atoms with Gasteiger partial charge in [0.1, 0.15) is 5.75 Å². The lowest BCUT2D eigenvalue weighted by atomic mass is 10.1. The number of nitro groups is 1. The Morgan fingerprint density at radius 1 is 1.19 bits per heavy atom. The van der Waals surface area contributed by atoms with E-state index in [1.807, 2.05) is 0 Å². The highest BCUT2D eigenvalue weighted by Crippen LogP contribution is 2.45. The van der Waals surface area contributed by atoms with Crippen molar-refractivity contribution in [2.45, 2.75) is 13.1 Å². The van der Waals surface area contributed by atoms with E-state index in [0.717, 1.165) is 23.8 Å². The number of fused-ring (bicyclic) bond motifs is 1. The van der Waals surface area contributed by atoms with E-state index in [-0.39, 0.29) is 22.8 Å². The second-order valence-corrected chi connectivity index (χ2v) is 5.67. The van der Waals surface area contributed by atoms with Crippen LogP contribution >= 0.6 is 0 Å². The Morgan fingerprint density at radius 3 is 2.56 bits per heavy atom. The van der Waals surface area contributed by atoms with Gasteiger partial charge in [-0.25, -0.2) is 4.98 Å². The highest BCUT2D eigenvalue weighted by atomic mass is 19.4. The van der Waals surface area contributed by atoms with Crippen molar-refractivity contribution in [3.8, 4) is 17.2 Å². The quantitative estimate of drug-likeness (QED) is 0.457. The van der Waals surface area contributed by atoms with Gasteiger partial charge < -0.3 is 9.47 Å². The molecule has 0 radical (unpaired) electrons. The summed E-state index contributed by atoms with van der Waals surface area (Å²) in [6.45, 7) is 1.75. The van der Waals surface area contributed by atoms with Crippen LogP contribution in [0.5, 0.6) is 17.2 Å². The molecule has 0 aliphatic rings. The lowest BCUT2D eigenvalue weighted by Crippen LogP contribution is -2.05. The molecular formula is C18H13F3N2O4. The third kappa shape index (κ3) is 3.48. The summed E-state index contributed by atoms with van der Waals surface area (Å²) in [6.07, 6.45) is -3.16. The Hall–Kier alpha value is -3.36. The molecule has 0 spiro atoms. The van der Waals surface area contributed by atoms with Gasteiger partial charge in [-0.3, -0.25) is 10.1 Å². The zero-order chi connectivity index (χ0) is 19.8. The topological polar surface area (TPSA) is 74.5 Å². The summed E-state index contributed by atoms with van der Waals surface area (Å²) in [4.78, 5) is 15.0. The van der Waals surface area contributed by atoms with E-state index < -0.39 is 22.4 Å². The number of methoxy groups -OCH3 is 1. The number of aromatic nitrogens is 1. The molecule has 3 rings (SSSR count). The molecule has 6 nitrogen and oxygen atoms in total. The number of halogens is 3. The molecule has 9 heteroatoms. The number of hydrogen-bond donors (Lipinski definition) is 0. The minimum Gasteiger partial charge on any atom is -0.493 e. The van der Waals surface area contributed by atoms with Gasteiger partial charge >= 0.3 is 11.9 Å². The van der Waals surface area contributed by atoms with E-state index >= 15 is 0 Å². The molecule has 0 N–H and O–H groups in total. The molecule has 0 saturated carbocycles. The number of nitro benzene ring substituents is 1. The lowest BCUT2D eigenvalue weighted by Gasteiger charge is -2.14. The lowest BCUT2D eigenvalue weighted by molar-refractivity contribution is -0.384. The summed E-state index contributed by atoms with van der Waals surface area (Å²) in [5, 5.41) is 12.2. The molecule has 0 atom stereocenters. The fourth-order valence-corrected chi connectivity index (χ4v) is 2.63. The first-order valence-corrected chi connectivity index (χ1v) is 7.68. The van der Waals surface area contributed by atoms with Crippen LogP contribution in [0.3, 0.4) is 0 Å². The van der Waals surface area contributed by atoms with Crippen molar-refractivity contribution in [3.63, 3.8) is 0 Å². The molecule has 2 aromatic carbocycles. The van der Waals surface area contributed by atoms with Gasteiger partial charge in [0.15, 0.2) is 11.3 Å². The van der Waals surface area contributed by atoms with Crippen molar-refractivity contribution in [2.75, 3.05) is 7.11 Å². The van der Waals surface area contributed by atoms with Crippen LogP contribution in [0.15, 0.2) is 42.6 Å². The molecule has 1 heterocycles. The van der Waals surface area contributed by atoms with Crippen molar-refractivity contribution >= 4 is 16.6 Å². The van der Waals surface area contributed by atoms with Gasteiger partial charge in [-0.05, 0) is 42.8 Å². The SMILES string of the molecule is COc1cc2c(C)ccnc2c([N+](=O)[O-])c1Oc1cccc(C(F)(F)F)c1. The fraction of sp³-hybridized carbons (Fsp3) is 0.167. The van der Waals surface area contributed by atoms with Crippen LogP contribution < -0.4 is 9.47 Å². The maximum Gasteiger partial charge on any atom is 0.416 e. The van der Waals surface area contributed by atoms with Crippen molar-refractivity contribution < 1.29 is 27.6 Å². The summed E-state index contributed by atoms with van der Waals surface area (Å²) < 4.78 is 49.4. The third-order valence-electron chi connectivity index (χ3n) is 3.93. The van der Waals surface area contributed by atoms with Gasteiger partial charge in [-0.15, -0.1) is 0 Å². The minimum atomic E-state index is -4.57. The predicted molar refractivity (Wildman–Crippen MR) is 91.2 cm³/mol. The molecule has 140 valence electrons. The number of benzene rings is 2. The van der Waals surface area contributed by atoms with E-state index in [1.165, 1.54) is 25.4 Å². The number of alkyl halides is 3. The molecule has 0 bridgehead atoms. The Labute approximate surface area is 151 Å². The molecule has 0 saturated heterocycles. The fourth-order valence-electron chi connectivity index (χ4n) is 2.63. The molecule has 3 aromatic rings. The highest BCUT2D eigenvalue weighted by molar-refractivity contribution is 5.94. The van der Waals surface area contributed by atoms with E-state index in [4.69, 9.17) is 9.47 Å². The Kier molecular flexibility index (Phi) is 4.61. The van der Waals surface area contributed by atoms with E-state index in [9.17, 15) is 23.3 Å². The molecular weight excluding hydrogens is 365 g/mol. The predicted octanol–water partition coefficient (Wildman–Crippen LogP) is 5.27. The molecule has 0 fully saturated rings. The monoisotopic (exact) mass is 378 g/mol. The van der Waals surface area contributed by atoms with Gasteiger partial charge in [0, 0.05) is 11.6 Å². The van der Waals surface area contributed by atoms with Crippen LogP contribution in [0.2, 0.25) is 0 Å². The average Bonchev–Trinajstić information content (AvgIpc) is 2.60. The normalized spacial score (nSPS) is 11.4. The van der Waals surface area contributed by atoms with E-state index in [2.05, 4.69) is 4.98 Å². The summed E-state index contributed by atoms with van der Waals surface area (Å²) in [6, 6.07) is 7.25. The van der Waals surface area contributed by atoms with Crippen LogP contribution in [-0.4, -0.2) is 17.0 Å².